The highest BCUT2D eigenvalue weighted by atomic mass is 35.5. The Bertz CT molecular complexity index is 590. The number of nitrogens with zero attached hydrogens (tertiary/aromatic N) is 2. The van der Waals surface area contributed by atoms with Crippen molar-refractivity contribution in [3.63, 3.8) is 0 Å². The summed E-state index contributed by atoms with van der Waals surface area (Å²) < 4.78 is 0.672. The van der Waals surface area contributed by atoms with Crippen LogP contribution < -0.4 is 11.1 Å². The number of amides is 1. The van der Waals surface area contributed by atoms with Crippen molar-refractivity contribution < 1.29 is 4.79 Å². The van der Waals surface area contributed by atoms with E-state index in [1.165, 1.54) is 23.1 Å². The van der Waals surface area contributed by atoms with E-state index in [9.17, 15) is 4.79 Å². The number of hydrogen-bond donors (Lipinski definition) is 2. The van der Waals surface area contributed by atoms with Gasteiger partial charge in [0.05, 0.1) is 5.25 Å². The van der Waals surface area contributed by atoms with Crippen molar-refractivity contribution in [2.75, 3.05) is 11.1 Å². The maximum absolute atomic E-state index is 12.0. The SMILES string of the molecule is CC(Sc1nnc(N)s1)C(=O)Nc1cccc(Cl)c1. The first kappa shape index (κ1) is 14.1. The van der Waals surface area contributed by atoms with E-state index in [1.807, 2.05) is 0 Å². The standard InChI is InChI=1S/C11H11ClN4OS2/c1-6(18-11-16-15-10(13)19-11)9(17)14-8-4-2-3-7(12)5-8/h2-6H,1H3,(H2,13,15)(H,14,17). The number of carbonyl (C=O) groups excluding carboxylic acids is 1. The van der Waals surface area contributed by atoms with Crippen LogP contribution in [0.4, 0.5) is 10.8 Å². The van der Waals surface area contributed by atoms with Gasteiger partial charge in [-0.15, -0.1) is 10.2 Å². The smallest absolute Gasteiger partial charge is 0.237 e. The molecule has 2 rings (SSSR count). The Morgan fingerprint density at radius 3 is 2.95 bits per heavy atom. The summed E-state index contributed by atoms with van der Waals surface area (Å²) in [6, 6.07) is 7.00. The summed E-state index contributed by atoms with van der Waals surface area (Å²) in [5.41, 5.74) is 6.16. The van der Waals surface area contributed by atoms with Crippen LogP contribution in [-0.4, -0.2) is 21.4 Å². The first-order valence-corrected chi connectivity index (χ1v) is 7.44. The van der Waals surface area contributed by atoms with Crippen LogP contribution in [0.25, 0.3) is 0 Å². The van der Waals surface area contributed by atoms with Crippen LogP contribution in [0.2, 0.25) is 5.02 Å². The van der Waals surface area contributed by atoms with Crippen LogP contribution in [0.15, 0.2) is 28.6 Å². The Labute approximate surface area is 123 Å². The van der Waals surface area contributed by atoms with E-state index in [2.05, 4.69) is 15.5 Å². The number of nitrogens with one attached hydrogen (secondary N) is 1. The van der Waals surface area contributed by atoms with E-state index >= 15 is 0 Å². The van der Waals surface area contributed by atoms with Crippen molar-refractivity contribution in [1.82, 2.24) is 10.2 Å². The molecule has 0 fully saturated rings. The van der Waals surface area contributed by atoms with Crippen molar-refractivity contribution in [3.8, 4) is 0 Å². The van der Waals surface area contributed by atoms with E-state index in [4.69, 9.17) is 17.3 Å². The van der Waals surface area contributed by atoms with Gasteiger partial charge in [-0.1, -0.05) is 40.8 Å². The summed E-state index contributed by atoms with van der Waals surface area (Å²) in [5.74, 6) is -0.124. The first-order valence-electron chi connectivity index (χ1n) is 5.36. The minimum Gasteiger partial charge on any atom is -0.374 e. The Kier molecular flexibility index (Phi) is 4.62. The molecule has 19 heavy (non-hydrogen) atoms. The normalized spacial score (nSPS) is 12.1. The summed E-state index contributed by atoms with van der Waals surface area (Å²) in [7, 11) is 0. The number of rotatable bonds is 4. The second-order valence-electron chi connectivity index (χ2n) is 3.67. The first-order chi connectivity index (χ1) is 9.04. The molecule has 0 saturated carbocycles. The summed E-state index contributed by atoms with van der Waals surface area (Å²) in [6.07, 6.45) is 0. The maximum atomic E-state index is 12.0. The van der Waals surface area contributed by atoms with Crippen LogP contribution in [0.3, 0.4) is 0 Å². The van der Waals surface area contributed by atoms with Crippen molar-refractivity contribution in [1.29, 1.82) is 0 Å². The van der Waals surface area contributed by atoms with Gasteiger partial charge in [0, 0.05) is 10.7 Å². The van der Waals surface area contributed by atoms with E-state index in [1.54, 1.807) is 31.2 Å². The third-order valence-electron chi connectivity index (χ3n) is 2.16. The Hall–Kier alpha value is -1.31. The molecule has 5 nitrogen and oxygen atoms in total. The van der Waals surface area contributed by atoms with E-state index < -0.39 is 0 Å². The number of thioether (sulfide) groups is 1. The molecule has 1 atom stereocenters. The average molecular weight is 315 g/mol. The molecule has 0 bridgehead atoms. The number of aromatic nitrogens is 2. The van der Waals surface area contributed by atoms with Crippen molar-refractivity contribution in [2.45, 2.75) is 16.5 Å². The lowest BCUT2D eigenvalue weighted by molar-refractivity contribution is -0.115. The summed E-state index contributed by atoms with van der Waals surface area (Å²) in [4.78, 5) is 12.0. The molecule has 100 valence electrons. The van der Waals surface area contributed by atoms with Crippen molar-refractivity contribution in [2.24, 2.45) is 0 Å². The van der Waals surface area contributed by atoms with Gasteiger partial charge in [0.1, 0.15) is 0 Å². The van der Waals surface area contributed by atoms with E-state index in [0.717, 1.165) is 0 Å². The van der Waals surface area contributed by atoms with Crippen LogP contribution >= 0.6 is 34.7 Å². The topological polar surface area (TPSA) is 80.9 Å². The highest BCUT2D eigenvalue weighted by molar-refractivity contribution is 8.02. The molecule has 8 heteroatoms. The van der Waals surface area contributed by atoms with E-state index in [0.29, 0.717) is 20.2 Å². The lowest BCUT2D eigenvalue weighted by Gasteiger charge is -2.10. The number of benzene rings is 1. The Balaban J connectivity index is 1.96. The minimum absolute atomic E-state index is 0.124. The molecule has 1 heterocycles. The molecular weight excluding hydrogens is 304 g/mol. The van der Waals surface area contributed by atoms with Gasteiger partial charge in [0.15, 0.2) is 4.34 Å². The number of nitrogens with two attached hydrogens (primary N) is 1. The molecule has 0 radical (unpaired) electrons. The highest BCUT2D eigenvalue weighted by Crippen LogP contribution is 2.28. The summed E-state index contributed by atoms with van der Waals surface area (Å²) in [6.45, 7) is 1.79. The predicted molar refractivity (Wildman–Crippen MR) is 79.7 cm³/mol. The fourth-order valence-corrected chi connectivity index (χ4v) is 3.25. The number of halogens is 1. The predicted octanol–water partition coefficient (Wildman–Crippen LogP) is 2.89. The van der Waals surface area contributed by atoms with Gasteiger partial charge in [-0.2, -0.15) is 0 Å². The van der Waals surface area contributed by atoms with Crippen LogP contribution in [0.5, 0.6) is 0 Å². The lowest BCUT2D eigenvalue weighted by Crippen LogP contribution is -2.22. The molecule has 1 amide bonds. The molecule has 0 aliphatic rings. The maximum Gasteiger partial charge on any atom is 0.237 e. The van der Waals surface area contributed by atoms with Gasteiger partial charge in [-0.05, 0) is 25.1 Å². The van der Waals surface area contributed by atoms with Gasteiger partial charge in [-0.3, -0.25) is 4.79 Å². The fraction of sp³-hybridized carbons (Fsp3) is 0.182. The monoisotopic (exact) mass is 314 g/mol. The third-order valence-corrected chi connectivity index (χ3v) is 4.33. The van der Waals surface area contributed by atoms with Gasteiger partial charge >= 0.3 is 0 Å². The van der Waals surface area contributed by atoms with Gasteiger partial charge in [0.2, 0.25) is 11.0 Å². The third kappa shape index (κ3) is 4.09. The second-order valence-corrected chi connectivity index (χ2v) is 6.70. The zero-order valence-electron chi connectivity index (χ0n) is 9.96. The molecule has 1 aromatic heterocycles. The molecule has 1 aromatic carbocycles. The Morgan fingerprint density at radius 1 is 1.53 bits per heavy atom. The highest BCUT2D eigenvalue weighted by Gasteiger charge is 2.17. The molecule has 0 saturated heterocycles. The summed E-state index contributed by atoms with van der Waals surface area (Å²) in [5, 5.41) is 11.0. The van der Waals surface area contributed by atoms with Gasteiger partial charge in [0.25, 0.3) is 0 Å². The van der Waals surface area contributed by atoms with Crippen LogP contribution in [-0.2, 0) is 4.79 Å². The number of anilines is 2. The number of nitrogen functional groups attached to an aromatic ring is 1. The van der Waals surface area contributed by atoms with Gasteiger partial charge in [-0.25, -0.2) is 0 Å². The second kappa shape index (κ2) is 6.23. The molecule has 2 aromatic rings. The van der Waals surface area contributed by atoms with Crippen molar-refractivity contribution in [3.05, 3.63) is 29.3 Å². The molecule has 0 aliphatic carbocycles. The lowest BCUT2D eigenvalue weighted by atomic mass is 10.3. The Morgan fingerprint density at radius 2 is 2.32 bits per heavy atom. The fourth-order valence-electron chi connectivity index (χ4n) is 1.28. The zero-order valence-corrected chi connectivity index (χ0v) is 12.4. The number of hydrogen-bond acceptors (Lipinski definition) is 6. The van der Waals surface area contributed by atoms with Crippen molar-refractivity contribution >= 4 is 51.4 Å². The van der Waals surface area contributed by atoms with Crippen LogP contribution in [0, 0.1) is 0 Å². The average Bonchev–Trinajstić information content (AvgIpc) is 2.74. The molecular formula is C11H11ClN4OS2. The number of carbonyl (C=O) groups is 1. The molecule has 3 N–H and O–H groups in total. The minimum atomic E-state index is -0.300. The molecule has 1 unspecified atom stereocenters. The van der Waals surface area contributed by atoms with E-state index in [-0.39, 0.29) is 11.2 Å². The van der Waals surface area contributed by atoms with Gasteiger partial charge < -0.3 is 11.1 Å². The largest absolute Gasteiger partial charge is 0.374 e. The summed E-state index contributed by atoms with van der Waals surface area (Å²) >= 11 is 8.43. The van der Waals surface area contributed by atoms with Crippen LogP contribution in [0.1, 0.15) is 6.92 Å². The zero-order chi connectivity index (χ0) is 13.8. The molecule has 0 spiro atoms. The quantitative estimate of drug-likeness (QED) is 0.848. The molecule has 0 aliphatic heterocycles.